The Hall–Kier alpha value is -1.76. The van der Waals surface area contributed by atoms with Gasteiger partial charge in [0.2, 0.25) is 0 Å². The summed E-state index contributed by atoms with van der Waals surface area (Å²) in [5, 5.41) is 0. The zero-order valence-corrected chi connectivity index (χ0v) is 13.9. The number of nitrogens with zero attached hydrogens (tertiary/aromatic N) is 1. The molecule has 126 valence electrons. The lowest BCUT2D eigenvalue weighted by atomic mass is 10.3. The summed E-state index contributed by atoms with van der Waals surface area (Å²) in [6.07, 6.45) is 0. The number of benzene rings is 1. The summed E-state index contributed by atoms with van der Waals surface area (Å²) in [5.41, 5.74) is -1.48. The molecule has 1 heterocycles. The lowest BCUT2D eigenvalue weighted by Crippen LogP contribution is -2.38. The molecule has 7 nitrogen and oxygen atoms in total. The smallest absolute Gasteiger partial charge is 0.316 e. The molecule has 0 bridgehead atoms. The predicted octanol–water partition coefficient (Wildman–Crippen LogP) is 2.61. The molecule has 1 aromatic heterocycles. The highest BCUT2D eigenvalue weighted by atomic mass is 31.2. The van der Waals surface area contributed by atoms with Crippen LogP contribution in [0, 0.1) is 5.82 Å². The maximum absolute atomic E-state index is 13.6. The Morgan fingerprint density at radius 2 is 1.87 bits per heavy atom. The molecule has 1 unspecified atom stereocenters. The molecule has 0 fully saturated rings. The van der Waals surface area contributed by atoms with Crippen molar-refractivity contribution >= 4 is 18.6 Å². The molecule has 2 rings (SSSR count). The summed E-state index contributed by atoms with van der Waals surface area (Å²) >= 11 is 0. The normalized spacial score (nSPS) is 13.4. The van der Waals surface area contributed by atoms with E-state index in [1.165, 1.54) is 13.0 Å². The molecule has 1 aromatic carbocycles. The second-order valence-corrected chi connectivity index (χ2v) is 7.14. The molecule has 2 aromatic rings. The Morgan fingerprint density at radius 3 is 2.43 bits per heavy atom. The van der Waals surface area contributed by atoms with E-state index < -0.39 is 30.3 Å². The van der Waals surface area contributed by atoms with Gasteiger partial charge in [-0.2, -0.15) is 0 Å². The Labute approximate surface area is 131 Å². The topological polar surface area (TPSA) is 90.4 Å². The number of aromatic nitrogens is 2. The first kappa shape index (κ1) is 17.6. The van der Waals surface area contributed by atoms with E-state index in [2.05, 4.69) is 4.98 Å². The van der Waals surface area contributed by atoms with E-state index in [0.29, 0.717) is 0 Å². The maximum Gasteiger partial charge on any atom is 0.353 e. The molecule has 0 spiro atoms. The predicted molar refractivity (Wildman–Crippen MR) is 84.4 cm³/mol. The van der Waals surface area contributed by atoms with Crippen molar-refractivity contribution in [1.29, 1.82) is 0 Å². The van der Waals surface area contributed by atoms with Gasteiger partial charge in [-0.3, -0.25) is 18.7 Å². The zero-order valence-electron chi connectivity index (χ0n) is 13.0. The third kappa shape index (κ3) is 3.29. The van der Waals surface area contributed by atoms with Crippen molar-refractivity contribution in [2.45, 2.75) is 26.6 Å². The van der Waals surface area contributed by atoms with Gasteiger partial charge in [-0.15, -0.1) is 0 Å². The highest BCUT2D eigenvalue weighted by Gasteiger charge is 2.35. The van der Waals surface area contributed by atoms with E-state index in [4.69, 9.17) is 9.05 Å². The summed E-state index contributed by atoms with van der Waals surface area (Å²) in [4.78, 5) is 26.5. The van der Waals surface area contributed by atoms with Gasteiger partial charge in [0, 0.05) is 0 Å². The van der Waals surface area contributed by atoms with E-state index in [0.717, 1.165) is 16.7 Å². The van der Waals surface area contributed by atoms with Crippen molar-refractivity contribution in [1.82, 2.24) is 9.55 Å². The largest absolute Gasteiger partial charge is 0.353 e. The van der Waals surface area contributed by atoms with Crippen LogP contribution in [0.1, 0.15) is 26.6 Å². The summed E-state index contributed by atoms with van der Waals surface area (Å²) in [6.45, 7) is 4.92. The fourth-order valence-corrected chi connectivity index (χ4v) is 4.07. The lowest BCUT2D eigenvalue weighted by molar-refractivity contribution is 0.206. The number of aromatic amines is 1. The van der Waals surface area contributed by atoms with E-state index in [9.17, 15) is 18.5 Å². The minimum Gasteiger partial charge on any atom is -0.316 e. The highest BCUT2D eigenvalue weighted by Crippen LogP contribution is 2.58. The summed E-state index contributed by atoms with van der Waals surface area (Å²) in [7, 11) is -3.71. The number of hydrogen-bond acceptors (Lipinski definition) is 5. The van der Waals surface area contributed by atoms with Gasteiger partial charge in [0.1, 0.15) is 11.6 Å². The molecule has 0 aliphatic carbocycles. The second kappa shape index (κ2) is 6.78. The Bertz CT molecular complexity index is 866. The minimum atomic E-state index is -3.71. The van der Waals surface area contributed by atoms with Crippen LogP contribution in [0.2, 0.25) is 0 Å². The molecule has 0 saturated carbocycles. The van der Waals surface area contributed by atoms with Gasteiger partial charge in [-0.1, -0.05) is 0 Å². The van der Waals surface area contributed by atoms with Crippen molar-refractivity contribution in [2.75, 3.05) is 13.2 Å². The van der Waals surface area contributed by atoms with Crippen LogP contribution in [-0.4, -0.2) is 22.8 Å². The van der Waals surface area contributed by atoms with Gasteiger partial charge in [-0.25, -0.2) is 4.39 Å². The van der Waals surface area contributed by atoms with Crippen LogP contribution < -0.4 is 11.1 Å². The summed E-state index contributed by atoms with van der Waals surface area (Å²) in [5.74, 6) is -1.67. The first-order valence-corrected chi connectivity index (χ1v) is 8.78. The molecule has 23 heavy (non-hydrogen) atoms. The van der Waals surface area contributed by atoms with Crippen LogP contribution in [-0.2, 0) is 13.6 Å². The number of hydrogen-bond donors (Lipinski definition) is 1. The molecule has 1 N–H and O–H groups in total. The molecule has 0 saturated heterocycles. The number of fused-ring (bicyclic) bond motifs is 1. The highest BCUT2D eigenvalue weighted by molar-refractivity contribution is 7.53. The van der Waals surface area contributed by atoms with Crippen molar-refractivity contribution in [3.8, 4) is 0 Å². The maximum atomic E-state index is 13.6. The zero-order chi connectivity index (χ0) is 17.2. The first-order chi connectivity index (χ1) is 10.8. The molecular weight excluding hydrogens is 326 g/mol. The number of halogens is 1. The fourth-order valence-electron chi connectivity index (χ4n) is 2.33. The van der Waals surface area contributed by atoms with Crippen LogP contribution in [0.25, 0.3) is 11.0 Å². The second-order valence-electron chi connectivity index (χ2n) is 4.80. The van der Waals surface area contributed by atoms with Crippen molar-refractivity contribution in [3.05, 3.63) is 44.7 Å². The van der Waals surface area contributed by atoms with E-state index in [1.54, 1.807) is 13.8 Å². The fraction of sp³-hybridized carbons (Fsp3) is 0.429. The van der Waals surface area contributed by atoms with Crippen LogP contribution in [0.5, 0.6) is 0 Å². The van der Waals surface area contributed by atoms with Crippen LogP contribution in [0.4, 0.5) is 4.39 Å². The number of rotatable bonds is 6. The molecule has 1 atom stereocenters. The first-order valence-electron chi connectivity index (χ1n) is 7.17. The van der Waals surface area contributed by atoms with Gasteiger partial charge in [0.05, 0.1) is 24.2 Å². The van der Waals surface area contributed by atoms with Crippen molar-refractivity contribution in [3.63, 3.8) is 0 Å². The molecule has 0 amide bonds. The Kier molecular flexibility index (Phi) is 5.19. The number of nitrogens with one attached hydrogen (secondary N) is 1. The van der Waals surface area contributed by atoms with Gasteiger partial charge in [-0.05, 0) is 39.0 Å². The van der Waals surface area contributed by atoms with Gasteiger partial charge >= 0.3 is 18.7 Å². The molecule has 0 aliphatic rings. The average molecular weight is 344 g/mol. The quantitative estimate of drug-likeness (QED) is 0.642. The Balaban J connectivity index is 2.77. The standard InChI is InChI=1S/C14H18FN2O5P/c1-4-21-23(20,22-5-2)9(3)17-12-8-10(15)6-7-11(12)16-13(18)14(17)19/h6-9H,4-5H2,1-3H3,(H,16,18). The molecule has 0 radical (unpaired) electrons. The van der Waals surface area contributed by atoms with Gasteiger partial charge in [0.25, 0.3) is 0 Å². The van der Waals surface area contributed by atoms with Crippen LogP contribution >= 0.6 is 7.60 Å². The molecule has 0 aliphatic heterocycles. The molecular formula is C14H18FN2O5P. The lowest BCUT2D eigenvalue weighted by Gasteiger charge is -2.25. The average Bonchev–Trinajstić information content (AvgIpc) is 2.49. The van der Waals surface area contributed by atoms with Crippen LogP contribution in [0.15, 0.2) is 27.8 Å². The summed E-state index contributed by atoms with van der Waals surface area (Å²) < 4.78 is 37.9. The van der Waals surface area contributed by atoms with Gasteiger partial charge < -0.3 is 14.0 Å². The molecule has 9 heteroatoms. The SMILES string of the molecule is CCOP(=O)(OCC)C(C)n1c(=O)c(=O)[nH]c2ccc(F)cc21. The third-order valence-electron chi connectivity index (χ3n) is 3.33. The monoisotopic (exact) mass is 344 g/mol. The van der Waals surface area contributed by atoms with E-state index >= 15 is 0 Å². The minimum absolute atomic E-state index is 0.103. The van der Waals surface area contributed by atoms with E-state index in [-0.39, 0.29) is 24.2 Å². The third-order valence-corrected chi connectivity index (χ3v) is 5.71. The van der Waals surface area contributed by atoms with Crippen LogP contribution in [0.3, 0.4) is 0 Å². The summed E-state index contributed by atoms with van der Waals surface area (Å²) in [6, 6.07) is 3.58. The van der Waals surface area contributed by atoms with Crippen molar-refractivity contribution in [2.24, 2.45) is 0 Å². The van der Waals surface area contributed by atoms with E-state index in [1.807, 2.05) is 0 Å². The Morgan fingerprint density at radius 1 is 1.26 bits per heavy atom. The number of H-pyrrole nitrogens is 1. The van der Waals surface area contributed by atoms with Gasteiger partial charge in [0.15, 0.2) is 0 Å². The van der Waals surface area contributed by atoms with Crippen molar-refractivity contribution < 1.29 is 18.0 Å².